The quantitative estimate of drug-likeness (QED) is 0.866. The van der Waals surface area contributed by atoms with Crippen LogP contribution in [0.5, 0.6) is 11.5 Å². The van der Waals surface area contributed by atoms with Crippen LogP contribution in [0.25, 0.3) is 0 Å². The SMILES string of the molecule is CSCC(C)CNCc1cc(Br)c2c(c1)OCO2. The van der Waals surface area contributed by atoms with Gasteiger partial charge in [-0.05, 0) is 58.1 Å². The van der Waals surface area contributed by atoms with Crippen LogP contribution in [0.1, 0.15) is 12.5 Å². The van der Waals surface area contributed by atoms with E-state index in [1.165, 1.54) is 11.3 Å². The maximum atomic E-state index is 5.40. The van der Waals surface area contributed by atoms with Crippen molar-refractivity contribution < 1.29 is 9.47 Å². The fraction of sp³-hybridized carbons (Fsp3) is 0.538. The first-order valence-electron chi connectivity index (χ1n) is 5.98. The van der Waals surface area contributed by atoms with E-state index < -0.39 is 0 Å². The van der Waals surface area contributed by atoms with Gasteiger partial charge < -0.3 is 14.8 Å². The topological polar surface area (TPSA) is 30.5 Å². The molecule has 0 radical (unpaired) electrons. The van der Waals surface area contributed by atoms with Crippen molar-refractivity contribution in [2.45, 2.75) is 13.5 Å². The zero-order valence-electron chi connectivity index (χ0n) is 10.7. The Morgan fingerprint density at radius 2 is 2.28 bits per heavy atom. The lowest BCUT2D eigenvalue weighted by Crippen LogP contribution is -2.22. The van der Waals surface area contributed by atoms with Crippen LogP contribution in [0.15, 0.2) is 16.6 Å². The van der Waals surface area contributed by atoms with Gasteiger partial charge in [-0.2, -0.15) is 11.8 Å². The summed E-state index contributed by atoms with van der Waals surface area (Å²) in [6, 6.07) is 4.12. The summed E-state index contributed by atoms with van der Waals surface area (Å²) in [6.45, 7) is 4.47. The van der Waals surface area contributed by atoms with Gasteiger partial charge in [-0.15, -0.1) is 0 Å². The lowest BCUT2D eigenvalue weighted by atomic mass is 10.2. The standard InChI is InChI=1S/C13H18BrNO2S/c1-9(7-18-2)5-15-6-10-3-11(14)13-12(4-10)16-8-17-13/h3-4,9,15H,5-8H2,1-2H3. The average molecular weight is 332 g/mol. The highest BCUT2D eigenvalue weighted by molar-refractivity contribution is 9.10. The van der Waals surface area contributed by atoms with E-state index in [0.717, 1.165) is 29.1 Å². The number of ether oxygens (including phenoxy) is 2. The van der Waals surface area contributed by atoms with Gasteiger partial charge in [-0.1, -0.05) is 6.92 Å². The molecule has 0 amide bonds. The molecule has 1 aliphatic heterocycles. The first-order chi connectivity index (χ1) is 8.70. The summed E-state index contributed by atoms with van der Waals surface area (Å²) in [5.41, 5.74) is 1.21. The zero-order chi connectivity index (χ0) is 13.0. The molecule has 0 aliphatic carbocycles. The minimum Gasteiger partial charge on any atom is -0.454 e. The molecule has 3 nitrogen and oxygen atoms in total. The van der Waals surface area contributed by atoms with Gasteiger partial charge >= 0.3 is 0 Å². The number of hydrogen-bond acceptors (Lipinski definition) is 4. The lowest BCUT2D eigenvalue weighted by Gasteiger charge is -2.11. The number of rotatable bonds is 6. The number of fused-ring (bicyclic) bond motifs is 1. The highest BCUT2D eigenvalue weighted by Gasteiger charge is 2.17. The molecule has 0 fully saturated rings. The third-order valence-corrected chi connectivity index (χ3v) is 4.25. The van der Waals surface area contributed by atoms with Gasteiger partial charge in [0.1, 0.15) is 0 Å². The van der Waals surface area contributed by atoms with Gasteiger partial charge in [0.2, 0.25) is 6.79 Å². The number of benzene rings is 1. The fourth-order valence-corrected chi connectivity index (χ4v) is 3.22. The van der Waals surface area contributed by atoms with E-state index in [0.29, 0.717) is 12.7 Å². The normalized spacial score (nSPS) is 14.8. The highest BCUT2D eigenvalue weighted by atomic mass is 79.9. The molecule has 0 saturated heterocycles. The van der Waals surface area contributed by atoms with Crippen molar-refractivity contribution in [3.8, 4) is 11.5 Å². The van der Waals surface area contributed by atoms with Crippen molar-refractivity contribution in [1.29, 1.82) is 0 Å². The highest BCUT2D eigenvalue weighted by Crippen LogP contribution is 2.39. The molecular weight excluding hydrogens is 314 g/mol. The minimum absolute atomic E-state index is 0.315. The Morgan fingerprint density at radius 1 is 1.44 bits per heavy atom. The third kappa shape index (κ3) is 3.56. The molecule has 1 aliphatic rings. The lowest BCUT2D eigenvalue weighted by molar-refractivity contribution is 0.173. The Bertz CT molecular complexity index is 414. The third-order valence-electron chi connectivity index (χ3n) is 2.76. The van der Waals surface area contributed by atoms with E-state index in [1.54, 1.807) is 0 Å². The van der Waals surface area contributed by atoms with Gasteiger partial charge in [0.05, 0.1) is 4.47 Å². The minimum atomic E-state index is 0.315. The number of thioether (sulfide) groups is 1. The van der Waals surface area contributed by atoms with E-state index in [2.05, 4.69) is 40.5 Å². The van der Waals surface area contributed by atoms with Crippen LogP contribution in [0.2, 0.25) is 0 Å². The van der Waals surface area contributed by atoms with Crippen molar-refractivity contribution in [2.24, 2.45) is 5.92 Å². The maximum absolute atomic E-state index is 5.40. The van der Waals surface area contributed by atoms with Crippen LogP contribution in [0.3, 0.4) is 0 Å². The fourth-order valence-electron chi connectivity index (χ4n) is 1.93. The Balaban J connectivity index is 1.88. The van der Waals surface area contributed by atoms with Crippen molar-refractivity contribution in [3.63, 3.8) is 0 Å². The second kappa shape index (κ2) is 6.68. The van der Waals surface area contributed by atoms with E-state index in [-0.39, 0.29) is 0 Å². The van der Waals surface area contributed by atoms with Crippen LogP contribution in [-0.4, -0.2) is 25.3 Å². The summed E-state index contributed by atoms with van der Waals surface area (Å²) < 4.78 is 11.7. The summed E-state index contributed by atoms with van der Waals surface area (Å²) in [5, 5.41) is 3.47. The number of halogens is 1. The van der Waals surface area contributed by atoms with E-state index in [4.69, 9.17) is 9.47 Å². The summed E-state index contributed by atoms with van der Waals surface area (Å²) in [4.78, 5) is 0. The van der Waals surface area contributed by atoms with Gasteiger partial charge in [0, 0.05) is 6.54 Å². The first-order valence-corrected chi connectivity index (χ1v) is 8.17. The second-order valence-corrected chi connectivity index (χ2v) is 6.27. The molecule has 1 heterocycles. The van der Waals surface area contributed by atoms with E-state index in [1.807, 2.05) is 17.8 Å². The Kier molecular flexibility index (Phi) is 5.21. The molecule has 1 atom stereocenters. The molecule has 1 N–H and O–H groups in total. The van der Waals surface area contributed by atoms with Crippen LogP contribution >= 0.6 is 27.7 Å². The van der Waals surface area contributed by atoms with Crippen LogP contribution in [0, 0.1) is 5.92 Å². The second-order valence-electron chi connectivity index (χ2n) is 4.50. The molecular formula is C13H18BrNO2S. The average Bonchev–Trinajstić information content (AvgIpc) is 2.78. The Hall–Kier alpha value is -0.390. The van der Waals surface area contributed by atoms with Crippen molar-refractivity contribution in [2.75, 3.05) is 25.3 Å². The summed E-state index contributed by atoms with van der Waals surface area (Å²) in [7, 11) is 0. The predicted octanol–water partition coefficient (Wildman–Crippen LogP) is 3.27. The van der Waals surface area contributed by atoms with E-state index >= 15 is 0 Å². The molecule has 5 heteroatoms. The van der Waals surface area contributed by atoms with Crippen LogP contribution in [-0.2, 0) is 6.54 Å². The van der Waals surface area contributed by atoms with Crippen LogP contribution < -0.4 is 14.8 Å². The zero-order valence-corrected chi connectivity index (χ0v) is 13.1. The summed E-state index contributed by atoms with van der Waals surface area (Å²) >= 11 is 5.40. The monoisotopic (exact) mass is 331 g/mol. The Morgan fingerprint density at radius 3 is 3.06 bits per heavy atom. The number of nitrogens with one attached hydrogen (secondary N) is 1. The maximum Gasteiger partial charge on any atom is 0.231 e. The molecule has 0 spiro atoms. The van der Waals surface area contributed by atoms with Gasteiger partial charge in [0.25, 0.3) is 0 Å². The molecule has 0 saturated carbocycles. The predicted molar refractivity (Wildman–Crippen MR) is 79.5 cm³/mol. The molecule has 1 unspecified atom stereocenters. The summed E-state index contributed by atoms with van der Waals surface area (Å²) in [6.07, 6.45) is 2.14. The van der Waals surface area contributed by atoms with Crippen molar-refractivity contribution in [3.05, 3.63) is 22.2 Å². The molecule has 0 bridgehead atoms. The molecule has 2 rings (SSSR count). The number of hydrogen-bond donors (Lipinski definition) is 1. The van der Waals surface area contributed by atoms with E-state index in [9.17, 15) is 0 Å². The first kappa shape index (κ1) is 14.0. The van der Waals surface area contributed by atoms with Gasteiger partial charge in [-0.25, -0.2) is 0 Å². The molecule has 0 aromatic heterocycles. The smallest absolute Gasteiger partial charge is 0.231 e. The van der Waals surface area contributed by atoms with Gasteiger partial charge in [-0.3, -0.25) is 0 Å². The molecule has 100 valence electrons. The molecule has 18 heavy (non-hydrogen) atoms. The van der Waals surface area contributed by atoms with Crippen molar-refractivity contribution in [1.82, 2.24) is 5.32 Å². The van der Waals surface area contributed by atoms with Crippen LogP contribution in [0.4, 0.5) is 0 Å². The largest absolute Gasteiger partial charge is 0.454 e. The van der Waals surface area contributed by atoms with Crippen molar-refractivity contribution >= 4 is 27.7 Å². The molecule has 1 aromatic carbocycles. The van der Waals surface area contributed by atoms with Gasteiger partial charge in [0.15, 0.2) is 11.5 Å². The summed E-state index contributed by atoms with van der Waals surface area (Å²) in [5.74, 6) is 3.53. The Labute approximate surface area is 121 Å². The molecule has 1 aromatic rings.